The summed E-state index contributed by atoms with van der Waals surface area (Å²) >= 11 is 0. The third-order valence-corrected chi connectivity index (χ3v) is 6.12. The molecule has 1 aliphatic carbocycles. The van der Waals surface area contributed by atoms with E-state index in [-0.39, 0.29) is 16.8 Å². The fraction of sp³-hybridized carbons (Fsp3) is 0.588. The summed E-state index contributed by atoms with van der Waals surface area (Å²) < 4.78 is 32.6. The van der Waals surface area contributed by atoms with Gasteiger partial charge in [0.15, 0.2) is 0 Å². The predicted molar refractivity (Wildman–Crippen MR) is 90.2 cm³/mol. The topological polar surface area (TPSA) is 84.5 Å². The molecule has 0 unspecified atom stereocenters. The van der Waals surface area contributed by atoms with Crippen molar-refractivity contribution in [2.24, 2.45) is 11.8 Å². The largest absolute Gasteiger partial charge is 0.381 e. The smallest absolute Gasteiger partial charge is 0.251 e. The SMILES string of the molecule is C[C@@H](NC(=O)c1cccc(S(=O)(=O)NCC2CC2)c1)[C@@H]1CCOC1. The molecule has 1 saturated carbocycles. The average Bonchev–Trinajstić information content (AvgIpc) is 3.24. The van der Waals surface area contributed by atoms with Gasteiger partial charge in [0.1, 0.15) is 0 Å². The summed E-state index contributed by atoms with van der Waals surface area (Å²) in [6.45, 7) is 3.80. The Labute approximate surface area is 143 Å². The van der Waals surface area contributed by atoms with Crippen LogP contribution in [0.1, 0.15) is 36.5 Å². The van der Waals surface area contributed by atoms with Gasteiger partial charge in [0.2, 0.25) is 10.0 Å². The van der Waals surface area contributed by atoms with Gasteiger partial charge in [0.05, 0.1) is 11.5 Å². The van der Waals surface area contributed by atoms with Gasteiger partial charge >= 0.3 is 0 Å². The van der Waals surface area contributed by atoms with Crippen molar-refractivity contribution >= 4 is 15.9 Å². The normalized spacial score (nSPS) is 22.3. The molecule has 1 heterocycles. The molecule has 0 radical (unpaired) electrons. The van der Waals surface area contributed by atoms with Crippen molar-refractivity contribution in [1.29, 1.82) is 0 Å². The Morgan fingerprint density at radius 3 is 2.79 bits per heavy atom. The fourth-order valence-corrected chi connectivity index (χ4v) is 3.95. The van der Waals surface area contributed by atoms with Crippen LogP contribution in [0.5, 0.6) is 0 Å². The van der Waals surface area contributed by atoms with Gasteiger partial charge in [-0.2, -0.15) is 0 Å². The number of ether oxygens (including phenoxy) is 1. The molecule has 2 fully saturated rings. The zero-order chi connectivity index (χ0) is 17.2. The molecule has 1 amide bonds. The molecule has 0 aromatic heterocycles. The number of carbonyl (C=O) groups excluding carboxylic acids is 1. The summed E-state index contributed by atoms with van der Waals surface area (Å²) in [6.07, 6.45) is 3.09. The van der Waals surface area contributed by atoms with Gasteiger partial charge in [-0.1, -0.05) is 6.07 Å². The Morgan fingerprint density at radius 1 is 1.33 bits per heavy atom. The maximum atomic E-state index is 12.4. The van der Waals surface area contributed by atoms with Crippen LogP contribution < -0.4 is 10.0 Å². The lowest BCUT2D eigenvalue weighted by Crippen LogP contribution is -2.38. The number of rotatable bonds is 7. The Bertz CT molecular complexity index is 694. The molecule has 2 aliphatic rings. The maximum Gasteiger partial charge on any atom is 0.251 e. The number of hydrogen-bond donors (Lipinski definition) is 2. The van der Waals surface area contributed by atoms with Crippen LogP contribution in [0.4, 0.5) is 0 Å². The number of hydrogen-bond acceptors (Lipinski definition) is 4. The summed E-state index contributed by atoms with van der Waals surface area (Å²) in [7, 11) is -3.57. The minimum atomic E-state index is -3.57. The van der Waals surface area contributed by atoms with Crippen molar-refractivity contribution in [3.05, 3.63) is 29.8 Å². The average molecular weight is 352 g/mol. The summed E-state index contributed by atoms with van der Waals surface area (Å²) in [6, 6.07) is 6.17. The minimum absolute atomic E-state index is 0.00625. The van der Waals surface area contributed by atoms with Gasteiger partial charge in [-0.25, -0.2) is 13.1 Å². The number of amides is 1. The fourth-order valence-electron chi connectivity index (χ4n) is 2.79. The van der Waals surface area contributed by atoms with Crippen LogP contribution in [0.25, 0.3) is 0 Å². The van der Waals surface area contributed by atoms with E-state index in [0.29, 0.717) is 30.6 Å². The second-order valence-electron chi connectivity index (χ2n) is 6.71. The van der Waals surface area contributed by atoms with E-state index in [1.807, 2.05) is 6.92 Å². The quantitative estimate of drug-likeness (QED) is 0.779. The monoisotopic (exact) mass is 352 g/mol. The Kier molecular flexibility index (Phi) is 5.22. The highest BCUT2D eigenvalue weighted by molar-refractivity contribution is 7.89. The highest BCUT2D eigenvalue weighted by Crippen LogP contribution is 2.28. The third kappa shape index (κ3) is 4.34. The first-order valence-corrected chi connectivity index (χ1v) is 9.92. The van der Waals surface area contributed by atoms with Crippen LogP contribution in [0.2, 0.25) is 0 Å². The standard InChI is InChI=1S/C17H24N2O4S/c1-12(15-7-8-23-11-15)19-17(20)14-3-2-4-16(9-14)24(21,22)18-10-13-5-6-13/h2-4,9,12-13,15,18H,5-8,10-11H2,1H3,(H,19,20)/t12-,15-/m1/s1. The van der Waals surface area contributed by atoms with E-state index in [1.165, 1.54) is 12.1 Å². The van der Waals surface area contributed by atoms with Gasteiger partial charge in [-0.05, 0) is 50.3 Å². The van der Waals surface area contributed by atoms with Gasteiger partial charge in [0.25, 0.3) is 5.91 Å². The van der Waals surface area contributed by atoms with Gasteiger partial charge in [-0.3, -0.25) is 4.79 Å². The van der Waals surface area contributed by atoms with Crippen molar-refractivity contribution in [2.45, 2.75) is 37.1 Å². The lowest BCUT2D eigenvalue weighted by atomic mass is 10.0. The molecule has 1 aliphatic heterocycles. The predicted octanol–water partition coefficient (Wildman–Crippen LogP) is 1.53. The summed E-state index contributed by atoms with van der Waals surface area (Å²) in [5.74, 6) is 0.510. The molecule has 2 atom stereocenters. The lowest BCUT2D eigenvalue weighted by molar-refractivity contribution is 0.0922. The summed E-state index contributed by atoms with van der Waals surface area (Å²) in [5.41, 5.74) is 0.357. The Morgan fingerprint density at radius 2 is 2.12 bits per heavy atom. The molecule has 6 nitrogen and oxygen atoms in total. The van der Waals surface area contributed by atoms with Crippen LogP contribution >= 0.6 is 0 Å². The second-order valence-corrected chi connectivity index (χ2v) is 8.48. The van der Waals surface area contributed by atoms with E-state index in [0.717, 1.165) is 25.9 Å². The first-order chi connectivity index (χ1) is 11.5. The molecule has 1 aromatic carbocycles. The maximum absolute atomic E-state index is 12.4. The molecule has 3 rings (SSSR count). The molecule has 0 bridgehead atoms. The number of carbonyl (C=O) groups is 1. The zero-order valence-electron chi connectivity index (χ0n) is 13.8. The van der Waals surface area contributed by atoms with E-state index in [2.05, 4.69) is 10.0 Å². The first kappa shape index (κ1) is 17.4. The van der Waals surface area contributed by atoms with E-state index in [9.17, 15) is 13.2 Å². The van der Waals surface area contributed by atoms with Crippen LogP contribution in [-0.4, -0.2) is 40.1 Å². The van der Waals surface area contributed by atoms with Crippen LogP contribution in [0, 0.1) is 11.8 Å². The van der Waals surface area contributed by atoms with Gasteiger partial charge in [-0.15, -0.1) is 0 Å². The van der Waals surface area contributed by atoms with Crippen LogP contribution in [-0.2, 0) is 14.8 Å². The molecule has 1 saturated heterocycles. The van der Waals surface area contributed by atoms with Crippen molar-refractivity contribution in [1.82, 2.24) is 10.0 Å². The second kappa shape index (κ2) is 7.21. The van der Waals surface area contributed by atoms with Crippen molar-refractivity contribution < 1.29 is 17.9 Å². The van der Waals surface area contributed by atoms with Crippen molar-refractivity contribution in [2.75, 3.05) is 19.8 Å². The van der Waals surface area contributed by atoms with Crippen LogP contribution in [0.3, 0.4) is 0 Å². The van der Waals surface area contributed by atoms with Crippen LogP contribution in [0.15, 0.2) is 29.2 Å². The van der Waals surface area contributed by atoms with E-state index in [1.54, 1.807) is 12.1 Å². The minimum Gasteiger partial charge on any atom is -0.381 e. The molecule has 24 heavy (non-hydrogen) atoms. The lowest BCUT2D eigenvalue weighted by Gasteiger charge is -2.19. The highest BCUT2D eigenvalue weighted by atomic mass is 32.2. The zero-order valence-corrected chi connectivity index (χ0v) is 14.6. The molecular formula is C17H24N2O4S. The Hall–Kier alpha value is -1.44. The number of sulfonamides is 1. The molecular weight excluding hydrogens is 328 g/mol. The molecule has 7 heteroatoms. The molecule has 132 valence electrons. The Balaban J connectivity index is 1.66. The molecule has 0 spiro atoms. The van der Waals surface area contributed by atoms with Gasteiger partial charge < -0.3 is 10.1 Å². The highest BCUT2D eigenvalue weighted by Gasteiger charge is 2.26. The molecule has 2 N–H and O–H groups in total. The summed E-state index contributed by atoms with van der Waals surface area (Å²) in [4.78, 5) is 12.5. The van der Waals surface area contributed by atoms with Gasteiger partial charge in [0, 0.05) is 30.7 Å². The van der Waals surface area contributed by atoms with E-state index >= 15 is 0 Å². The number of benzene rings is 1. The summed E-state index contributed by atoms with van der Waals surface area (Å²) in [5, 5.41) is 2.94. The van der Waals surface area contributed by atoms with E-state index < -0.39 is 10.0 Å². The third-order valence-electron chi connectivity index (χ3n) is 4.70. The van der Waals surface area contributed by atoms with Crippen molar-refractivity contribution in [3.63, 3.8) is 0 Å². The first-order valence-electron chi connectivity index (χ1n) is 8.44. The van der Waals surface area contributed by atoms with E-state index in [4.69, 9.17) is 4.74 Å². The van der Waals surface area contributed by atoms with Crippen molar-refractivity contribution in [3.8, 4) is 0 Å². The molecule has 1 aromatic rings. The number of nitrogens with one attached hydrogen (secondary N) is 2.